The van der Waals surface area contributed by atoms with Gasteiger partial charge in [-0.2, -0.15) is 4.72 Å². The Kier molecular flexibility index (Phi) is 7.57. The minimum absolute atomic E-state index is 0.0141. The van der Waals surface area contributed by atoms with E-state index >= 15 is 0 Å². The van der Waals surface area contributed by atoms with Gasteiger partial charge in [0.1, 0.15) is 16.8 Å². The van der Waals surface area contributed by atoms with Crippen LogP contribution < -0.4 is 15.6 Å². The Hall–Kier alpha value is -3.56. The molecule has 7 nitrogen and oxygen atoms in total. The number of aryl methyl sites for hydroxylation is 2. The molecule has 3 N–H and O–H groups in total. The summed E-state index contributed by atoms with van der Waals surface area (Å²) in [5.41, 5.74) is 7.34. The third-order valence-electron chi connectivity index (χ3n) is 4.95. The highest BCUT2D eigenvalue weighted by molar-refractivity contribution is 7.89. The predicted octanol–water partition coefficient (Wildman–Crippen LogP) is 2.79. The molecular formula is C24H24FN3O4S. The Morgan fingerprint density at radius 3 is 2.24 bits per heavy atom. The minimum atomic E-state index is -4.36. The number of hydrogen-bond acceptors (Lipinski definition) is 4. The van der Waals surface area contributed by atoms with Crippen LogP contribution in [0.4, 0.5) is 4.39 Å². The molecule has 0 radical (unpaired) electrons. The summed E-state index contributed by atoms with van der Waals surface area (Å²) in [6, 6.07) is 17.5. The predicted molar refractivity (Wildman–Crippen MR) is 122 cm³/mol. The van der Waals surface area contributed by atoms with Crippen LogP contribution in [0.15, 0.2) is 77.7 Å². The molecule has 9 heteroatoms. The molecule has 0 spiro atoms. The second-order valence-corrected chi connectivity index (χ2v) is 9.24. The molecule has 0 aliphatic rings. The number of amides is 2. The van der Waals surface area contributed by atoms with Gasteiger partial charge in [-0.1, -0.05) is 60.2 Å². The van der Waals surface area contributed by atoms with Crippen molar-refractivity contribution < 1.29 is 22.4 Å². The minimum Gasteiger partial charge on any atom is -0.271 e. The van der Waals surface area contributed by atoms with E-state index in [-0.39, 0.29) is 6.42 Å². The van der Waals surface area contributed by atoms with Gasteiger partial charge in [0, 0.05) is 5.56 Å². The molecule has 0 bridgehead atoms. The SMILES string of the molecule is Cc1ccc(C(=O)NNC(=O)[C@H](Cc2ccccc2)NS(=O)(=O)c2ccccc2F)c(C)c1. The number of rotatable bonds is 7. The Morgan fingerprint density at radius 2 is 1.58 bits per heavy atom. The zero-order chi connectivity index (χ0) is 24.0. The molecule has 0 saturated carbocycles. The van der Waals surface area contributed by atoms with Gasteiger partial charge in [-0.25, -0.2) is 12.8 Å². The first-order valence-corrected chi connectivity index (χ1v) is 11.6. The lowest BCUT2D eigenvalue weighted by atomic mass is 10.1. The molecule has 172 valence electrons. The number of carbonyl (C=O) groups is 2. The Bertz CT molecular complexity index is 1260. The fourth-order valence-corrected chi connectivity index (χ4v) is 4.57. The van der Waals surface area contributed by atoms with Gasteiger partial charge in [-0.15, -0.1) is 0 Å². The average molecular weight is 470 g/mol. The first-order chi connectivity index (χ1) is 15.7. The van der Waals surface area contributed by atoms with Gasteiger partial charge in [0.25, 0.3) is 11.8 Å². The number of carbonyl (C=O) groups excluding carboxylic acids is 2. The van der Waals surface area contributed by atoms with Gasteiger partial charge in [-0.05, 0) is 49.6 Å². The van der Waals surface area contributed by atoms with Crippen molar-refractivity contribution in [3.05, 3.63) is 101 Å². The van der Waals surface area contributed by atoms with Crippen LogP contribution in [0.1, 0.15) is 27.0 Å². The molecule has 0 aliphatic heterocycles. The Balaban J connectivity index is 1.79. The summed E-state index contributed by atoms with van der Waals surface area (Å²) in [7, 11) is -4.36. The number of nitrogens with one attached hydrogen (secondary N) is 3. The van der Waals surface area contributed by atoms with E-state index in [2.05, 4.69) is 15.6 Å². The molecule has 1 atom stereocenters. The lowest BCUT2D eigenvalue weighted by molar-refractivity contribution is -0.123. The first-order valence-electron chi connectivity index (χ1n) is 10.2. The maximum atomic E-state index is 14.1. The topological polar surface area (TPSA) is 104 Å². The van der Waals surface area contributed by atoms with Crippen LogP contribution in [0, 0.1) is 19.7 Å². The van der Waals surface area contributed by atoms with Crippen molar-refractivity contribution in [1.29, 1.82) is 0 Å². The van der Waals surface area contributed by atoms with Crippen LogP contribution in [0.3, 0.4) is 0 Å². The largest absolute Gasteiger partial charge is 0.271 e. The summed E-state index contributed by atoms with van der Waals surface area (Å²) in [6.07, 6.45) is -0.0141. The van der Waals surface area contributed by atoms with E-state index in [1.807, 2.05) is 13.0 Å². The van der Waals surface area contributed by atoms with Crippen LogP contribution in [0.25, 0.3) is 0 Å². The molecule has 2 amide bonds. The molecule has 0 saturated heterocycles. The second kappa shape index (κ2) is 10.4. The van der Waals surface area contributed by atoms with E-state index in [4.69, 9.17) is 0 Å². The zero-order valence-corrected chi connectivity index (χ0v) is 18.9. The summed E-state index contributed by atoms with van der Waals surface area (Å²) in [4.78, 5) is 24.8. The molecule has 0 heterocycles. The molecule has 3 aromatic rings. The lowest BCUT2D eigenvalue weighted by Crippen LogP contribution is -2.53. The van der Waals surface area contributed by atoms with Crippen molar-refractivity contribution in [3.8, 4) is 0 Å². The van der Waals surface area contributed by atoms with Gasteiger partial charge >= 0.3 is 0 Å². The van der Waals surface area contributed by atoms with Crippen LogP contribution in [0.5, 0.6) is 0 Å². The van der Waals surface area contributed by atoms with Crippen LogP contribution >= 0.6 is 0 Å². The highest BCUT2D eigenvalue weighted by atomic mass is 32.2. The van der Waals surface area contributed by atoms with Gasteiger partial charge in [-0.3, -0.25) is 20.4 Å². The van der Waals surface area contributed by atoms with Crippen LogP contribution in [-0.4, -0.2) is 26.3 Å². The van der Waals surface area contributed by atoms with Gasteiger partial charge in [0.2, 0.25) is 10.0 Å². The maximum absolute atomic E-state index is 14.1. The summed E-state index contributed by atoms with van der Waals surface area (Å²) in [5.74, 6) is -2.28. The zero-order valence-electron chi connectivity index (χ0n) is 18.1. The third kappa shape index (κ3) is 6.24. The molecule has 0 aliphatic carbocycles. The lowest BCUT2D eigenvalue weighted by Gasteiger charge is -2.19. The molecule has 0 fully saturated rings. The molecular weight excluding hydrogens is 445 g/mol. The van der Waals surface area contributed by atoms with Gasteiger partial charge < -0.3 is 0 Å². The molecule has 0 unspecified atom stereocenters. The third-order valence-corrected chi connectivity index (χ3v) is 6.45. The van der Waals surface area contributed by atoms with E-state index in [0.29, 0.717) is 11.1 Å². The van der Waals surface area contributed by atoms with Crippen molar-refractivity contribution >= 4 is 21.8 Å². The number of benzene rings is 3. The maximum Gasteiger partial charge on any atom is 0.269 e. The second-order valence-electron chi connectivity index (χ2n) is 7.56. The van der Waals surface area contributed by atoms with Crippen LogP contribution in [-0.2, 0) is 21.2 Å². The van der Waals surface area contributed by atoms with Crippen molar-refractivity contribution in [2.45, 2.75) is 31.2 Å². The number of sulfonamides is 1. The van der Waals surface area contributed by atoms with E-state index in [1.54, 1.807) is 49.4 Å². The van der Waals surface area contributed by atoms with E-state index in [9.17, 15) is 22.4 Å². The smallest absolute Gasteiger partial charge is 0.269 e. The Morgan fingerprint density at radius 1 is 0.909 bits per heavy atom. The Labute approximate surface area is 192 Å². The molecule has 33 heavy (non-hydrogen) atoms. The van der Waals surface area contributed by atoms with E-state index < -0.39 is 38.6 Å². The van der Waals surface area contributed by atoms with Crippen molar-refractivity contribution in [2.75, 3.05) is 0 Å². The van der Waals surface area contributed by atoms with Crippen LogP contribution in [0.2, 0.25) is 0 Å². The quantitative estimate of drug-likeness (QED) is 0.463. The number of hydrogen-bond donors (Lipinski definition) is 3. The highest BCUT2D eigenvalue weighted by Crippen LogP contribution is 2.15. The fraction of sp³-hybridized carbons (Fsp3) is 0.167. The standard InChI is InChI=1S/C24H24FN3O4S/c1-16-12-13-19(17(2)14-16)23(29)26-27-24(30)21(15-18-8-4-3-5-9-18)28-33(31,32)22-11-7-6-10-20(22)25/h3-14,21,28H,15H2,1-2H3,(H,26,29)(H,27,30)/t21-/m0/s1. The number of halogens is 1. The van der Waals surface area contributed by atoms with E-state index in [1.165, 1.54) is 12.1 Å². The normalized spacial score (nSPS) is 12.1. The molecule has 3 aromatic carbocycles. The van der Waals surface area contributed by atoms with Gasteiger partial charge in [0.15, 0.2) is 0 Å². The van der Waals surface area contributed by atoms with Crippen molar-refractivity contribution in [1.82, 2.24) is 15.6 Å². The van der Waals surface area contributed by atoms with E-state index in [0.717, 1.165) is 23.3 Å². The molecule has 0 aromatic heterocycles. The van der Waals surface area contributed by atoms with Crippen molar-refractivity contribution in [3.63, 3.8) is 0 Å². The number of hydrazine groups is 1. The summed E-state index contributed by atoms with van der Waals surface area (Å²) in [6.45, 7) is 3.66. The van der Waals surface area contributed by atoms with Crippen molar-refractivity contribution in [2.24, 2.45) is 0 Å². The summed E-state index contributed by atoms with van der Waals surface area (Å²) >= 11 is 0. The molecule has 3 rings (SSSR count). The first kappa shape index (κ1) is 24.1. The summed E-state index contributed by atoms with van der Waals surface area (Å²) < 4.78 is 41.9. The summed E-state index contributed by atoms with van der Waals surface area (Å²) in [5, 5.41) is 0. The fourth-order valence-electron chi connectivity index (χ4n) is 3.29. The van der Waals surface area contributed by atoms with Gasteiger partial charge in [0.05, 0.1) is 0 Å². The highest BCUT2D eigenvalue weighted by Gasteiger charge is 2.28. The average Bonchev–Trinajstić information content (AvgIpc) is 2.77. The monoisotopic (exact) mass is 469 g/mol.